The number of esters is 2. The number of hydrogen-bond acceptors (Lipinski definition) is 11. The second-order valence-corrected chi connectivity index (χ2v) is 16.3. The standard InChI is InChI=1S/C21H27N3O4.C13H18N2O5.C8H11N/c1-14-12-23-13-16(18(25)22-11-10-15-8-6-5-7-9-15)17(24(23)19(14)26)20(27)28-21(2,3)4;1-7-5-14-6-8(11(17)18)9(15(14)10(7)16)12(19)20-13(2,3)4;9-7-6-8-4-2-1-3-5-8/h5-9,14H,10-13H2,1-4H3,(H,22,25);7H,5-6H2,1-4H3,(H,17,18);1-5H,6-7,9H2/t14-;7-;/m00./s1. The van der Waals surface area contributed by atoms with Gasteiger partial charge in [0.25, 0.3) is 5.91 Å². The van der Waals surface area contributed by atoms with Crippen LogP contribution in [0, 0.1) is 11.8 Å². The van der Waals surface area contributed by atoms with Gasteiger partial charge in [-0.3, -0.25) is 14.4 Å². The SMILES string of the molecule is C[C@H]1CN2CC(C(=O)NCCc3ccccc3)=C(C(=O)OC(C)(C)C)N2C1=O.C[C@H]1CN2CC(C(=O)O)=C(C(=O)OC(C)(C)C)N2C1=O.NCCc1ccccc1. The fraction of sp³-hybridized carbons (Fsp3) is 0.476. The van der Waals surface area contributed by atoms with Gasteiger partial charge in [-0.1, -0.05) is 74.5 Å². The highest BCUT2D eigenvalue weighted by Gasteiger charge is 2.49. The number of amides is 3. The van der Waals surface area contributed by atoms with Gasteiger partial charge < -0.3 is 25.6 Å². The Morgan fingerprint density at radius 3 is 1.51 bits per heavy atom. The number of carbonyl (C=O) groups is 6. The summed E-state index contributed by atoms with van der Waals surface area (Å²) in [4.78, 5) is 73.7. The summed E-state index contributed by atoms with van der Waals surface area (Å²) in [5.41, 5.74) is 6.38. The Hall–Kier alpha value is -5.38. The molecule has 4 aliphatic heterocycles. The molecular formula is C42H56N6O9. The van der Waals surface area contributed by atoms with Gasteiger partial charge in [0.2, 0.25) is 11.8 Å². The number of nitrogens with zero attached hydrogens (tertiary/aromatic N) is 4. The number of ether oxygens (including phenoxy) is 2. The number of carboxylic acids is 1. The Kier molecular flexibility index (Phi) is 14.6. The summed E-state index contributed by atoms with van der Waals surface area (Å²) < 4.78 is 10.7. The number of benzene rings is 2. The molecule has 4 aliphatic rings. The van der Waals surface area contributed by atoms with Gasteiger partial charge in [-0.15, -0.1) is 0 Å². The number of rotatable bonds is 9. The number of hydrazine groups is 2. The molecule has 15 nitrogen and oxygen atoms in total. The van der Waals surface area contributed by atoms with Crippen molar-refractivity contribution in [3.05, 3.63) is 94.3 Å². The molecule has 0 spiro atoms. The molecule has 4 heterocycles. The highest BCUT2D eigenvalue weighted by atomic mass is 16.6. The van der Waals surface area contributed by atoms with E-state index in [1.165, 1.54) is 10.6 Å². The van der Waals surface area contributed by atoms with E-state index in [0.29, 0.717) is 26.1 Å². The van der Waals surface area contributed by atoms with Gasteiger partial charge in [-0.25, -0.2) is 34.4 Å². The molecule has 4 N–H and O–H groups in total. The molecule has 2 atom stereocenters. The maximum Gasteiger partial charge on any atom is 0.357 e. The third-order valence-electron chi connectivity index (χ3n) is 9.01. The monoisotopic (exact) mass is 788 g/mol. The number of fused-ring (bicyclic) bond motifs is 2. The van der Waals surface area contributed by atoms with E-state index in [4.69, 9.17) is 15.2 Å². The smallest absolute Gasteiger partial charge is 0.357 e. The first-order chi connectivity index (χ1) is 26.7. The predicted octanol–water partition coefficient (Wildman–Crippen LogP) is 3.21. The van der Waals surface area contributed by atoms with Crippen LogP contribution in [0.15, 0.2) is 83.2 Å². The quantitative estimate of drug-likeness (QED) is 0.315. The molecule has 0 aromatic heterocycles. The maximum atomic E-state index is 12.8. The lowest BCUT2D eigenvalue weighted by Gasteiger charge is -2.24. The molecule has 0 bridgehead atoms. The highest BCUT2D eigenvalue weighted by Crippen LogP contribution is 2.34. The van der Waals surface area contributed by atoms with Crippen LogP contribution in [0.25, 0.3) is 0 Å². The molecule has 2 aromatic rings. The molecule has 2 aromatic carbocycles. The minimum Gasteiger partial charge on any atom is -0.478 e. The first-order valence-corrected chi connectivity index (χ1v) is 19.1. The molecule has 3 amide bonds. The molecule has 2 fully saturated rings. The minimum atomic E-state index is -1.21. The zero-order chi connectivity index (χ0) is 42.2. The van der Waals surface area contributed by atoms with Crippen LogP contribution in [0.1, 0.15) is 66.5 Å². The zero-order valence-electron chi connectivity index (χ0n) is 34.2. The molecule has 2 saturated heterocycles. The van der Waals surface area contributed by atoms with Crippen LogP contribution in [0.4, 0.5) is 0 Å². The Bertz CT molecular complexity index is 1880. The van der Waals surface area contributed by atoms with Crippen LogP contribution in [0.2, 0.25) is 0 Å². The predicted molar refractivity (Wildman–Crippen MR) is 211 cm³/mol. The summed E-state index contributed by atoms with van der Waals surface area (Å²) in [6.45, 7) is 16.2. The Labute approximate surface area is 334 Å². The van der Waals surface area contributed by atoms with E-state index in [9.17, 15) is 33.9 Å². The average molecular weight is 789 g/mol. The van der Waals surface area contributed by atoms with E-state index >= 15 is 0 Å². The van der Waals surface area contributed by atoms with E-state index < -0.39 is 29.1 Å². The van der Waals surface area contributed by atoms with Crippen LogP contribution in [0.3, 0.4) is 0 Å². The first-order valence-electron chi connectivity index (χ1n) is 19.1. The van der Waals surface area contributed by atoms with E-state index in [0.717, 1.165) is 23.5 Å². The topological polar surface area (TPSA) is 192 Å². The van der Waals surface area contributed by atoms with Gasteiger partial charge in [0, 0.05) is 19.6 Å². The number of carbonyl (C=O) groups excluding carboxylic acids is 5. The van der Waals surface area contributed by atoms with E-state index in [2.05, 4.69) is 17.4 Å². The second-order valence-electron chi connectivity index (χ2n) is 16.3. The molecule has 15 heteroatoms. The van der Waals surface area contributed by atoms with Crippen LogP contribution >= 0.6 is 0 Å². The lowest BCUT2D eigenvalue weighted by molar-refractivity contribution is -0.156. The van der Waals surface area contributed by atoms with Crippen molar-refractivity contribution in [1.82, 2.24) is 25.4 Å². The number of nitrogens with two attached hydrogens (primary N) is 1. The van der Waals surface area contributed by atoms with Crippen molar-refractivity contribution in [1.29, 1.82) is 0 Å². The van der Waals surface area contributed by atoms with Crippen LogP contribution < -0.4 is 11.1 Å². The summed E-state index contributed by atoms with van der Waals surface area (Å²) in [7, 11) is 0. The van der Waals surface area contributed by atoms with Crippen molar-refractivity contribution in [2.75, 3.05) is 39.3 Å². The van der Waals surface area contributed by atoms with Crippen LogP contribution in [0.5, 0.6) is 0 Å². The van der Waals surface area contributed by atoms with E-state index in [1.54, 1.807) is 58.5 Å². The molecule has 308 valence electrons. The molecule has 57 heavy (non-hydrogen) atoms. The van der Waals surface area contributed by atoms with Crippen LogP contribution in [-0.4, -0.2) is 111 Å². The zero-order valence-corrected chi connectivity index (χ0v) is 34.2. The number of nitrogens with one attached hydrogen (secondary N) is 1. The largest absolute Gasteiger partial charge is 0.478 e. The van der Waals surface area contributed by atoms with Crippen molar-refractivity contribution in [2.45, 2.75) is 79.4 Å². The van der Waals surface area contributed by atoms with Crippen molar-refractivity contribution >= 4 is 35.6 Å². The van der Waals surface area contributed by atoms with Crippen molar-refractivity contribution in [2.24, 2.45) is 17.6 Å². The number of hydrogen-bond donors (Lipinski definition) is 3. The molecule has 0 saturated carbocycles. The van der Waals surface area contributed by atoms with E-state index in [1.807, 2.05) is 55.5 Å². The molecule has 0 aliphatic carbocycles. The normalized spacial score (nSPS) is 19.4. The lowest BCUT2D eigenvalue weighted by Crippen LogP contribution is -2.38. The third kappa shape index (κ3) is 11.6. The second kappa shape index (κ2) is 18.7. The summed E-state index contributed by atoms with van der Waals surface area (Å²) in [5, 5.41) is 17.9. The number of carboxylic acid groups (broad SMARTS) is 1. The fourth-order valence-corrected chi connectivity index (χ4v) is 6.50. The summed E-state index contributed by atoms with van der Waals surface area (Å²) >= 11 is 0. The highest BCUT2D eigenvalue weighted by molar-refractivity contribution is 6.07. The van der Waals surface area contributed by atoms with Gasteiger partial charge in [-0.05, 0) is 72.1 Å². The lowest BCUT2D eigenvalue weighted by atomic mass is 10.1. The van der Waals surface area contributed by atoms with Crippen LogP contribution in [-0.2, 0) is 51.1 Å². The minimum absolute atomic E-state index is 0.0417. The van der Waals surface area contributed by atoms with Gasteiger partial charge >= 0.3 is 17.9 Å². The van der Waals surface area contributed by atoms with Gasteiger partial charge in [-0.2, -0.15) is 0 Å². The van der Waals surface area contributed by atoms with E-state index in [-0.39, 0.29) is 65.2 Å². The average Bonchev–Trinajstić information content (AvgIpc) is 3.84. The Balaban J connectivity index is 0.000000215. The van der Waals surface area contributed by atoms with Crippen molar-refractivity contribution in [3.8, 4) is 0 Å². The van der Waals surface area contributed by atoms with Gasteiger partial charge in [0.15, 0.2) is 11.4 Å². The summed E-state index contributed by atoms with van der Waals surface area (Å²) in [6, 6.07) is 20.1. The first kappa shape index (κ1) is 44.3. The van der Waals surface area contributed by atoms with Crippen molar-refractivity contribution in [3.63, 3.8) is 0 Å². The maximum absolute atomic E-state index is 12.8. The van der Waals surface area contributed by atoms with Gasteiger partial charge in [0.1, 0.15) is 11.2 Å². The Morgan fingerprint density at radius 2 is 1.11 bits per heavy atom. The molecular weight excluding hydrogens is 732 g/mol. The van der Waals surface area contributed by atoms with Gasteiger partial charge in [0.05, 0.1) is 36.1 Å². The molecule has 0 unspecified atom stereocenters. The summed E-state index contributed by atoms with van der Waals surface area (Å²) in [6.07, 6.45) is 1.67. The summed E-state index contributed by atoms with van der Waals surface area (Å²) in [5.74, 6) is -3.92. The fourth-order valence-electron chi connectivity index (χ4n) is 6.50. The molecule has 6 rings (SSSR count). The third-order valence-corrected chi connectivity index (χ3v) is 9.01. The van der Waals surface area contributed by atoms with Crippen molar-refractivity contribution < 1.29 is 43.3 Å². The molecule has 0 radical (unpaired) electrons. The number of aliphatic carboxylic acids is 1. The Morgan fingerprint density at radius 1 is 0.702 bits per heavy atom.